The lowest BCUT2D eigenvalue weighted by atomic mass is 9.78. The van der Waals surface area contributed by atoms with Crippen LogP contribution in [0.2, 0.25) is 0 Å². The Morgan fingerprint density at radius 2 is 0.523 bits per heavy atom. The van der Waals surface area contributed by atoms with E-state index in [1.807, 2.05) is 0 Å². The molecule has 2 nitrogen and oxygen atoms in total. The van der Waals surface area contributed by atoms with E-state index >= 15 is 0 Å². The summed E-state index contributed by atoms with van der Waals surface area (Å²) in [6.45, 7) is 4.82. The minimum Gasteiger partial charge on any atom is -0.310 e. The van der Waals surface area contributed by atoms with Crippen molar-refractivity contribution in [1.82, 2.24) is 0 Å². The molecule has 19 rings (SSSR count). The van der Waals surface area contributed by atoms with Crippen LogP contribution in [-0.4, -0.2) is 0 Å². The number of fused-ring (bicyclic) bond motifs is 6. The summed E-state index contributed by atoms with van der Waals surface area (Å²) in [6, 6.07) is 152. The number of nitrogens with zero attached hydrogens (tertiary/aromatic N) is 2. The first-order valence-corrected chi connectivity index (χ1v) is 37.1. The highest BCUT2D eigenvalue weighted by atomic mass is 15.2. The standard InChI is InChI=1S/C105H74N2/c1-105(2)100-41-21-38-97(103(100)99-40-20-39-98(104(99)105)80-60-64-90(65-61-80)107(91-32-17-30-82(69-91)84-53-48-73-26-9-10-28-81(73)66-84)102-43-16-14-36-96(102)79-51-46-75(47-52-79)72-24-7-4-8-25-72)88-57-56-86-67-85(54-55-87(86)68-88)83-31-18-33-92(70-83)106(89-62-58-77(59-63-89)94-37-19-29-76-27-11-12-34-93(76)94)101-42-15-13-35-95(101)78-49-44-74(45-50-78)71-22-5-3-6-23-71/h3-70H,1-2H3. The molecule has 0 spiro atoms. The summed E-state index contributed by atoms with van der Waals surface area (Å²) in [7, 11) is 0. The predicted octanol–water partition coefficient (Wildman–Crippen LogP) is 29.4. The third-order valence-corrected chi connectivity index (χ3v) is 22.0. The maximum absolute atomic E-state index is 2.44. The van der Waals surface area contributed by atoms with Crippen molar-refractivity contribution in [1.29, 1.82) is 0 Å². The zero-order valence-electron chi connectivity index (χ0n) is 59.7. The molecule has 0 unspecified atom stereocenters. The fourth-order valence-corrected chi connectivity index (χ4v) is 16.7. The molecule has 2 heteroatoms. The Morgan fingerprint density at radius 1 is 0.187 bits per heavy atom. The Hall–Kier alpha value is -13.7. The largest absolute Gasteiger partial charge is 0.310 e. The lowest BCUT2D eigenvalue weighted by Gasteiger charge is -2.29. The fourth-order valence-electron chi connectivity index (χ4n) is 16.7. The molecule has 18 aromatic rings. The molecule has 0 aliphatic heterocycles. The Kier molecular flexibility index (Phi) is 16.3. The number of anilines is 6. The van der Waals surface area contributed by atoms with Crippen molar-refractivity contribution >= 4 is 66.4 Å². The Bertz CT molecular complexity index is 6370. The van der Waals surface area contributed by atoms with Crippen molar-refractivity contribution in [3.8, 4) is 111 Å². The zero-order chi connectivity index (χ0) is 71.4. The van der Waals surface area contributed by atoms with Gasteiger partial charge in [0.05, 0.1) is 11.4 Å². The van der Waals surface area contributed by atoms with Gasteiger partial charge >= 0.3 is 0 Å². The summed E-state index contributed by atoms with van der Waals surface area (Å²) in [5.74, 6) is 0. The molecule has 107 heavy (non-hydrogen) atoms. The summed E-state index contributed by atoms with van der Waals surface area (Å²) in [5.41, 5.74) is 32.9. The number of benzene rings is 18. The van der Waals surface area contributed by atoms with E-state index in [9.17, 15) is 0 Å². The van der Waals surface area contributed by atoms with Crippen LogP contribution in [-0.2, 0) is 5.41 Å². The van der Waals surface area contributed by atoms with Crippen LogP contribution < -0.4 is 9.80 Å². The predicted molar refractivity (Wildman–Crippen MR) is 455 cm³/mol. The first kappa shape index (κ1) is 64.2. The molecule has 0 heterocycles. The van der Waals surface area contributed by atoms with Gasteiger partial charge in [-0.15, -0.1) is 0 Å². The minimum atomic E-state index is -0.285. The molecule has 1 aliphatic rings. The van der Waals surface area contributed by atoms with Crippen LogP contribution in [0.1, 0.15) is 25.0 Å². The summed E-state index contributed by atoms with van der Waals surface area (Å²) in [4.78, 5) is 4.87. The number of hydrogen-bond donors (Lipinski definition) is 0. The number of rotatable bonds is 15. The molecule has 18 aromatic carbocycles. The second-order valence-corrected chi connectivity index (χ2v) is 28.7. The van der Waals surface area contributed by atoms with E-state index in [1.165, 1.54) is 116 Å². The Morgan fingerprint density at radius 3 is 1.10 bits per heavy atom. The van der Waals surface area contributed by atoms with Crippen LogP contribution >= 0.6 is 0 Å². The topological polar surface area (TPSA) is 6.48 Å². The molecule has 0 amide bonds. The van der Waals surface area contributed by atoms with Crippen molar-refractivity contribution in [3.63, 3.8) is 0 Å². The van der Waals surface area contributed by atoms with E-state index in [1.54, 1.807) is 0 Å². The van der Waals surface area contributed by atoms with E-state index < -0.39 is 0 Å². The molecule has 504 valence electrons. The molecule has 0 N–H and O–H groups in total. The first-order valence-electron chi connectivity index (χ1n) is 37.1. The average Bonchev–Trinajstić information content (AvgIpc) is 1.56. The Balaban J connectivity index is 0.651. The van der Waals surface area contributed by atoms with E-state index in [0.29, 0.717) is 0 Å². The van der Waals surface area contributed by atoms with E-state index in [0.717, 1.165) is 73.1 Å². The number of para-hydroxylation sites is 2. The quantitative estimate of drug-likeness (QED) is 0.101. The molecule has 0 saturated heterocycles. The minimum absolute atomic E-state index is 0.285. The first-order chi connectivity index (χ1) is 52.8. The molecule has 0 radical (unpaired) electrons. The molecule has 0 atom stereocenters. The summed E-state index contributed by atoms with van der Waals surface area (Å²) < 4.78 is 0. The average molecular weight is 1360 g/mol. The van der Waals surface area contributed by atoms with Crippen molar-refractivity contribution in [2.75, 3.05) is 9.80 Å². The zero-order valence-corrected chi connectivity index (χ0v) is 59.7. The maximum Gasteiger partial charge on any atom is 0.0540 e. The summed E-state index contributed by atoms with van der Waals surface area (Å²) >= 11 is 0. The lowest BCUT2D eigenvalue weighted by molar-refractivity contribution is 0.662. The van der Waals surface area contributed by atoms with Gasteiger partial charge in [-0.2, -0.15) is 0 Å². The monoisotopic (exact) mass is 1360 g/mol. The third-order valence-electron chi connectivity index (χ3n) is 22.0. The second-order valence-electron chi connectivity index (χ2n) is 28.7. The molecule has 1 aliphatic carbocycles. The molecule has 0 saturated carbocycles. The molecule has 0 aromatic heterocycles. The molecule has 0 fully saturated rings. The van der Waals surface area contributed by atoms with E-state index in [4.69, 9.17) is 0 Å². The summed E-state index contributed by atoms with van der Waals surface area (Å²) in [6.07, 6.45) is 0. The third kappa shape index (κ3) is 11.9. The van der Waals surface area contributed by atoms with Crippen LogP contribution in [0.3, 0.4) is 0 Å². The second kappa shape index (κ2) is 27.2. The van der Waals surface area contributed by atoms with Gasteiger partial charge in [-0.05, 0) is 222 Å². The number of hydrogen-bond acceptors (Lipinski definition) is 2. The van der Waals surface area contributed by atoms with Crippen LogP contribution in [0.15, 0.2) is 413 Å². The SMILES string of the molecule is CC1(C)c2cccc(-c3ccc4cc(-c5cccc(N(c6ccc(-c7cccc8ccccc78)cc6)c6ccccc6-c6ccc(-c7ccccc7)cc6)c5)ccc4c3)c2-c2cccc(-c3ccc(N(c4cccc(-c5ccc6ccccc6c5)c4)c4ccccc4-c4ccc(-c5ccccc5)cc4)cc3)c21. The summed E-state index contributed by atoms with van der Waals surface area (Å²) in [5, 5.41) is 7.33. The van der Waals surface area contributed by atoms with Crippen molar-refractivity contribution in [2.45, 2.75) is 19.3 Å². The van der Waals surface area contributed by atoms with Crippen molar-refractivity contribution in [2.24, 2.45) is 0 Å². The lowest BCUT2D eigenvalue weighted by Crippen LogP contribution is -2.16. The van der Waals surface area contributed by atoms with Gasteiger partial charge in [0.15, 0.2) is 0 Å². The highest BCUT2D eigenvalue weighted by Gasteiger charge is 2.39. The van der Waals surface area contributed by atoms with E-state index in [2.05, 4.69) is 436 Å². The van der Waals surface area contributed by atoms with Crippen molar-refractivity contribution in [3.05, 3.63) is 424 Å². The maximum atomic E-state index is 2.44. The highest BCUT2D eigenvalue weighted by Crippen LogP contribution is 2.56. The van der Waals surface area contributed by atoms with Gasteiger partial charge in [0.25, 0.3) is 0 Å². The molecular weight excluding hydrogens is 1290 g/mol. The van der Waals surface area contributed by atoms with Crippen LogP contribution in [0.4, 0.5) is 34.1 Å². The van der Waals surface area contributed by atoms with Crippen LogP contribution in [0, 0.1) is 0 Å². The van der Waals surface area contributed by atoms with E-state index in [-0.39, 0.29) is 5.41 Å². The van der Waals surface area contributed by atoms with Gasteiger partial charge in [-0.25, -0.2) is 0 Å². The van der Waals surface area contributed by atoms with Gasteiger partial charge in [0, 0.05) is 39.3 Å². The van der Waals surface area contributed by atoms with Crippen LogP contribution in [0.5, 0.6) is 0 Å². The van der Waals surface area contributed by atoms with Gasteiger partial charge in [0.1, 0.15) is 0 Å². The Labute approximate surface area is 626 Å². The van der Waals surface area contributed by atoms with Gasteiger partial charge < -0.3 is 9.80 Å². The van der Waals surface area contributed by atoms with Gasteiger partial charge in [-0.3, -0.25) is 0 Å². The normalized spacial score (nSPS) is 12.1. The molecular formula is C105H74N2. The van der Waals surface area contributed by atoms with Gasteiger partial charge in [-0.1, -0.05) is 347 Å². The van der Waals surface area contributed by atoms with Crippen molar-refractivity contribution < 1.29 is 0 Å². The molecule has 0 bridgehead atoms. The van der Waals surface area contributed by atoms with Gasteiger partial charge in [0.2, 0.25) is 0 Å². The smallest absolute Gasteiger partial charge is 0.0540 e. The fraction of sp³-hybridized carbons (Fsp3) is 0.0286. The highest BCUT2D eigenvalue weighted by molar-refractivity contribution is 6.02. The van der Waals surface area contributed by atoms with Crippen LogP contribution in [0.25, 0.3) is 144 Å².